The summed E-state index contributed by atoms with van der Waals surface area (Å²) in [4.78, 5) is 11.3. The van der Waals surface area contributed by atoms with Gasteiger partial charge in [-0.2, -0.15) is 12.6 Å². The Bertz CT molecular complexity index is 162. The summed E-state index contributed by atoms with van der Waals surface area (Å²) >= 11 is 4.11. The van der Waals surface area contributed by atoms with Crippen LogP contribution in [0, 0.1) is 0 Å². The monoisotopic (exact) mass is 201 g/mol. The summed E-state index contributed by atoms with van der Waals surface area (Å²) in [6.07, 6.45) is 7.45. The van der Waals surface area contributed by atoms with Gasteiger partial charge in [0.2, 0.25) is 5.91 Å². The number of carbonyl (C=O) groups excluding carboxylic acids is 1. The van der Waals surface area contributed by atoms with Crippen LogP contribution in [0.15, 0.2) is 0 Å². The summed E-state index contributed by atoms with van der Waals surface area (Å²) in [6.45, 7) is 1.81. The second-order valence-electron chi connectivity index (χ2n) is 3.87. The fourth-order valence-corrected chi connectivity index (χ4v) is 1.82. The third kappa shape index (κ3) is 4.03. The molecule has 1 aliphatic rings. The Kier molecular flexibility index (Phi) is 4.64. The zero-order valence-corrected chi connectivity index (χ0v) is 9.15. The Morgan fingerprint density at radius 2 is 1.85 bits per heavy atom. The smallest absolute Gasteiger partial charge is 0.232 e. The van der Waals surface area contributed by atoms with Gasteiger partial charge in [-0.1, -0.05) is 25.7 Å². The van der Waals surface area contributed by atoms with Gasteiger partial charge in [-0.15, -0.1) is 0 Å². The Hall–Kier alpha value is -0.180. The van der Waals surface area contributed by atoms with Gasteiger partial charge in [0.25, 0.3) is 0 Å². The van der Waals surface area contributed by atoms with E-state index in [9.17, 15) is 4.79 Å². The number of rotatable bonds is 2. The Balaban J connectivity index is 2.29. The Morgan fingerprint density at radius 3 is 2.31 bits per heavy atom. The van der Waals surface area contributed by atoms with Gasteiger partial charge in [-0.25, -0.2) is 0 Å². The average Bonchev–Trinajstić information content (AvgIpc) is 2.32. The highest BCUT2D eigenvalue weighted by molar-refractivity contribution is 7.81. The molecule has 0 saturated heterocycles. The predicted octanol–water partition coefficient (Wildman–Crippen LogP) is 2.14. The molecule has 1 saturated carbocycles. The van der Waals surface area contributed by atoms with Crippen molar-refractivity contribution >= 4 is 18.5 Å². The third-order valence-corrected chi connectivity index (χ3v) is 2.82. The lowest BCUT2D eigenvalue weighted by Gasteiger charge is -2.17. The first-order valence-electron chi connectivity index (χ1n) is 5.18. The molecule has 0 heterocycles. The Morgan fingerprint density at radius 1 is 1.31 bits per heavy atom. The van der Waals surface area contributed by atoms with E-state index in [1.165, 1.54) is 25.7 Å². The van der Waals surface area contributed by atoms with Crippen molar-refractivity contribution in [2.24, 2.45) is 0 Å². The minimum absolute atomic E-state index is 0.0789. The van der Waals surface area contributed by atoms with E-state index >= 15 is 0 Å². The van der Waals surface area contributed by atoms with Crippen LogP contribution in [0.4, 0.5) is 0 Å². The molecule has 76 valence electrons. The van der Waals surface area contributed by atoms with E-state index in [2.05, 4.69) is 17.9 Å². The maximum atomic E-state index is 11.3. The molecule has 2 nitrogen and oxygen atoms in total. The molecule has 13 heavy (non-hydrogen) atoms. The second kappa shape index (κ2) is 5.53. The van der Waals surface area contributed by atoms with E-state index in [1.807, 2.05) is 6.92 Å². The van der Waals surface area contributed by atoms with Crippen molar-refractivity contribution < 1.29 is 4.79 Å². The van der Waals surface area contributed by atoms with Crippen molar-refractivity contribution in [1.82, 2.24) is 5.32 Å². The van der Waals surface area contributed by atoms with Crippen molar-refractivity contribution in [3.63, 3.8) is 0 Å². The maximum Gasteiger partial charge on any atom is 0.232 e. The fraction of sp³-hybridized carbons (Fsp3) is 0.900. The van der Waals surface area contributed by atoms with Crippen LogP contribution in [0.2, 0.25) is 0 Å². The van der Waals surface area contributed by atoms with Gasteiger partial charge < -0.3 is 5.32 Å². The number of amides is 1. The van der Waals surface area contributed by atoms with Crippen molar-refractivity contribution in [2.45, 2.75) is 56.7 Å². The lowest BCUT2D eigenvalue weighted by Crippen LogP contribution is -2.38. The molecular weight excluding hydrogens is 182 g/mol. The molecule has 1 unspecified atom stereocenters. The van der Waals surface area contributed by atoms with Gasteiger partial charge in [-0.3, -0.25) is 4.79 Å². The summed E-state index contributed by atoms with van der Waals surface area (Å²) in [5, 5.41) is 2.87. The van der Waals surface area contributed by atoms with E-state index in [0.29, 0.717) is 6.04 Å². The number of thiol groups is 1. The van der Waals surface area contributed by atoms with Crippen LogP contribution in [0.5, 0.6) is 0 Å². The molecular formula is C10H19NOS. The maximum absolute atomic E-state index is 11.3. The van der Waals surface area contributed by atoms with Crippen LogP contribution in [0.3, 0.4) is 0 Å². The zero-order chi connectivity index (χ0) is 9.68. The minimum Gasteiger partial charge on any atom is -0.352 e. The van der Waals surface area contributed by atoms with Gasteiger partial charge in [0.15, 0.2) is 0 Å². The number of hydrogen-bond donors (Lipinski definition) is 2. The van der Waals surface area contributed by atoms with Crippen molar-refractivity contribution in [2.75, 3.05) is 0 Å². The molecule has 1 atom stereocenters. The molecule has 1 aliphatic carbocycles. The molecule has 3 heteroatoms. The van der Waals surface area contributed by atoms with E-state index in [4.69, 9.17) is 0 Å². The van der Waals surface area contributed by atoms with Gasteiger partial charge in [0.05, 0.1) is 5.25 Å². The fourth-order valence-electron chi connectivity index (χ4n) is 1.75. The summed E-state index contributed by atoms with van der Waals surface area (Å²) in [5.41, 5.74) is 0. The first kappa shape index (κ1) is 10.9. The standard InChI is InChI=1S/C10H19NOS/c1-8(13)10(12)11-9-6-4-2-3-5-7-9/h8-9,13H,2-7H2,1H3,(H,11,12). The molecule has 1 amide bonds. The van der Waals surface area contributed by atoms with Crippen molar-refractivity contribution in [3.05, 3.63) is 0 Å². The summed E-state index contributed by atoms with van der Waals surface area (Å²) < 4.78 is 0. The highest BCUT2D eigenvalue weighted by Crippen LogP contribution is 2.17. The number of nitrogens with one attached hydrogen (secondary N) is 1. The molecule has 0 aliphatic heterocycles. The molecule has 0 spiro atoms. The third-order valence-electron chi connectivity index (χ3n) is 2.58. The molecule has 0 aromatic heterocycles. The number of carbonyl (C=O) groups is 1. The molecule has 1 rings (SSSR count). The van der Waals surface area contributed by atoms with Crippen LogP contribution in [0.25, 0.3) is 0 Å². The highest BCUT2D eigenvalue weighted by atomic mass is 32.1. The van der Waals surface area contributed by atoms with Gasteiger partial charge >= 0.3 is 0 Å². The molecule has 1 N–H and O–H groups in total. The Labute approximate surface area is 85.9 Å². The predicted molar refractivity (Wildman–Crippen MR) is 58.1 cm³/mol. The van der Waals surface area contributed by atoms with Gasteiger partial charge in [-0.05, 0) is 19.8 Å². The molecule has 0 bridgehead atoms. The van der Waals surface area contributed by atoms with E-state index in [0.717, 1.165) is 12.8 Å². The zero-order valence-electron chi connectivity index (χ0n) is 8.25. The lowest BCUT2D eigenvalue weighted by atomic mass is 10.1. The molecule has 0 aromatic carbocycles. The van der Waals surface area contributed by atoms with Crippen LogP contribution < -0.4 is 5.32 Å². The van der Waals surface area contributed by atoms with E-state index in [-0.39, 0.29) is 11.2 Å². The summed E-state index contributed by atoms with van der Waals surface area (Å²) in [5.74, 6) is 0.0789. The van der Waals surface area contributed by atoms with Gasteiger partial charge in [0, 0.05) is 6.04 Å². The van der Waals surface area contributed by atoms with Crippen LogP contribution >= 0.6 is 12.6 Å². The average molecular weight is 201 g/mol. The first-order chi connectivity index (χ1) is 6.20. The SMILES string of the molecule is CC(S)C(=O)NC1CCCCCC1. The van der Waals surface area contributed by atoms with Crippen molar-refractivity contribution in [3.8, 4) is 0 Å². The number of hydrogen-bond acceptors (Lipinski definition) is 2. The topological polar surface area (TPSA) is 29.1 Å². The second-order valence-corrected chi connectivity index (χ2v) is 4.65. The van der Waals surface area contributed by atoms with Gasteiger partial charge in [0.1, 0.15) is 0 Å². The normalized spacial score (nSPS) is 22.0. The lowest BCUT2D eigenvalue weighted by molar-refractivity contribution is -0.121. The molecule has 1 fully saturated rings. The van der Waals surface area contributed by atoms with Crippen LogP contribution in [-0.4, -0.2) is 17.2 Å². The summed E-state index contributed by atoms with van der Waals surface area (Å²) in [7, 11) is 0. The molecule has 0 aromatic rings. The van der Waals surface area contributed by atoms with E-state index < -0.39 is 0 Å². The van der Waals surface area contributed by atoms with Crippen molar-refractivity contribution in [1.29, 1.82) is 0 Å². The minimum atomic E-state index is -0.178. The first-order valence-corrected chi connectivity index (χ1v) is 5.70. The van der Waals surface area contributed by atoms with E-state index in [1.54, 1.807) is 0 Å². The summed E-state index contributed by atoms with van der Waals surface area (Å²) in [6, 6.07) is 0.407. The quantitative estimate of drug-likeness (QED) is 0.520. The van der Waals surface area contributed by atoms with Crippen LogP contribution in [-0.2, 0) is 4.79 Å². The van der Waals surface area contributed by atoms with Crippen LogP contribution in [0.1, 0.15) is 45.4 Å². The molecule has 0 radical (unpaired) electrons. The highest BCUT2D eigenvalue weighted by Gasteiger charge is 2.16. The largest absolute Gasteiger partial charge is 0.352 e.